The minimum atomic E-state index is -1.46. The van der Waals surface area contributed by atoms with Gasteiger partial charge in [0.25, 0.3) is 0 Å². The van der Waals surface area contributed by atoms with Crippen LogP contribution in [0.5, 0.6) is 0 Å². The molecule has 6 atom stereocenters. The molecule has 2 amide bonds. The van der Waals surface area contributed by atoms with Crippen LogP contribution in [0.2, 0.25) is 0 Å². The van der Waals surface area contributed by atoms with E-state index in [1.807, 2.05) is 66.7 Å². The molecule has 1 aliphatic rings. The van der Waals surface area contributed by atoms with Gasteiger partial charge < -0.3 is 35.4 Å². The Morgan fingerprint density at radius 1 is 1.03 bits per heavy atom. The lowest BCUT2D eigenvalue weighted by atomic mass is 9.96. The van der Waals surface area contributed by atoms with Crippen molar-refractivity contribution in [2.45, 2.75) is 43.1 Å². The van der Waals surface area contributed by atoms with E-state index in [0.29, 0.717) is 0 Å². The fourth-order valence-electron chi connectivity index (χ4n) is 3.85. The molecule has 5 N–H and O–H groups in total. The highest BCUT2D eigenvalue weighted by Crippen LogP contribution is 2.22. The summed E-state index contributed by atoms with van der Waals surface area (Å²) in [7, 11) is 1.32. The van der Waals surface area contributed by atoms with Gasteiger partial charge in [0.2, 0.25) is 11.8 Å². The molecule has 0 aliphatic carbocycles. The van der Waals surface area contributed by atoms with E-state index in [2.05, 4.69) is 10.6 Å². The molecule has 9 heteroatoms. The largest absolute Gasteiger partial charge is 0.394 e. The van der Waals surface area contributed by atoms with Gasteiger partial charge in [-0.2, -0.15) is 0 Å². The smallest absolute Gasteiger partial charge is 0.244 e. The van der Waals surface area contributed by atoms with Crippen LogP contribution in [-0.2, 0) is 25.5 Å². The Bertz CT molecular complexity index is 1030. The molecule has 0 saturated carbocycles. The number of hydrogen-bond acceptors (Lipinski definition) is 7. The fourth-order valence-corrected chi connectivity index (χ4v) is 3.85. The van der Waals surface area contributed by atoms with E-state index in [-0.39, 0.29) is 6.42 Å². The van der Waals surface area contributed by atoms with Crippen molar-refractivity contribution in [2.75, 3.05) is 13.7 Å². The van der Waals surface area contributed by atoms with Crippen LogP contribution in [0.15, 0.2) is 78.9 Å². The predicted octanol–water partition coefficient (Wildman–Crippen LogP) is 0.554. The van der Waals surface area contributed by atoms with E-state index < -0.39 is 55.1 Å². The highest BCUT2D eigenvalue weighted by Gasteiger charge is 2.45. The SMILES string of the molecule is CO[C@H]1O[C@H](CO)[C@@H](O)[C@H](O)[C@@H]1NC(=O)[C@H](Cc1ccccc1)NC(=O)/C=C/C=C/c1ccccc1. The molecule has 0 spiro atoms. The number of ether oxygens (including phenoxy) is 2. The van der Waals surface area contributed by atoms with E-state index in [0.717, 1.165) is 11.1 Å². The summed E-state index contributed by atoms with van der Waals surface area (Å²) in [6.07, 6.45) is 1.58. The Balaban J connectivity index is 1.70. The van der Waals surface area contributed by atoms with Gasteiger partial charge >= 0.3 is 0 Å². The monoisotopic (exact) mass is 496 g/mol. The molecular weight excluding hydrogens is 464 g/mol. The number of aliphatic hydroxyl groups excluding tert-OH is 3. The van der Waals surface area contributed by atoms with Gasteiger partial charge in [-0.05, 0) is 11.1 Å². The van der Waals surface area contributed by atoms with Crippen LogP contribution in [0, 0.1) is 0 Å². The summed E-state index contributed by atoms with van der Waals surface area (Å²) in [6, 6.07) is 16.6. The number of allylic oxidation sites excluding steroid dienone is 2. The molecule has 1 heterocycles. The second-order valence-corrected chi connectivity index (χ2v) is 8.36. The van der Waals surface area contributed by atoms with Crippen LogP contribution in [-0.4, -0.2) is 77.5 Å². The van der Waals surface area contributed by atoms with Crippen LogP contribution in [0.3, 0.4) is 0 Å². The quantitative estimate of drug-likeness (QED) is 0.239. The lowest BCUT2D eigenvalue weighted by molar-refractivity contribution is -0.262. The number of nitrogens with one attached hydrogen (secondary N) is 2. The summed E-state index contributed by atoms with van der Waals surface area (Å²) in [5, 5.41) is 35.5. The maximum atomic E-state index is 13.2. The minimum Gasteiger partial charge on any atom is -0.394 e. The van der Waals surface area contributed by atoms with Crippen molar-refractivity contribution in [1.82, 2.24) is 10.6 Å². The molecule has 0 aromatic heterocycles. The molecule has 2 aromatic carbocycles. The summed E-state index contributed by atoms with van der Waals surface area (Å²) in [5.74, 6) is -1.07. The first-order valence-corrected chi connectivity index (χ1v) is 11.6. The Kier molecular flexibility index (Phi) is 10.3. The van der Waals surface area contributed by atoms with Crippen LogP contribution >= 0.6 is 0 Å². The summed E-state index contributed by atoms with van der Waals surface area (Å²) in [6.45, 7) is -0.531. The average molecular weight is 497 g/mol. The van der Waals surface area contributed by atoms with Gasteiger partial charge in [0.1, 0.15) is 30.4 Å². The van der Waals surface area contributed by atoms with Crippen molar-refractivity contribution in [3.8, 4) is 0 Å². The summed E-state index contributed by atoms with van der Waals surface area (Å²) in [4.78, 5) is 25.8. The standard InChI is InChI=1S/C27H32N2O7/c1-35-27-23(25(33)24(32)21(17-30)36-27)29-26(34)20(16-19-13-6-3-7-14-19)28-22(31)15-9-8-12-18-10-4-2-5-11-18/h2-15,20-21,23-25,27,30,32-33H,16-17H2,1H3,(H,28,31)(H,29,34)/b12-8+,15-9+/t20-,21+,23-,24+,25+,27-/m0/s1. The predicted molar refractivity (Wildman–Crippen MR) is 133 cm³/mol. The molecule has 192 valence electrons. The lowest BCUT2D eigenvalue weighted by Crippen LogP contribution is -2.66. The normalized spacial score (nSPS) is 25.1. The number of methoxy groups -OCH3 is 1. The summed E-state index contributed by atoms with van der Waals surface area (Å²) >= 11 is 0. The average Bonchev–Trinajstić information content (AvgIpc) is 2.90. The zero-order valence-corrected chi connectivity index (χ0v) is 19.9. The maximum absolute atomic E-state index is 13.2. The lowest BCUT2D eigenvalue weighted by Gasteiger charge is -2.42. The van der Waals surface area contributed by atoms with E-state index >= 15 is 0 Å². The molecule has 9 nitrogen and oxygen atoms in total. The highest BCUT2D eigenvalue weighted by molar-refractivity contribution is 5.93. The minimum absolute atomic E-state index is 0.190. The Morgan fingerprint density at radius 2 is 1.69 bits per heavy atom. The molecule has 1 saturated heterocycles. The second-order valence-electron chi connectivity index (χ2n) is 8.36. The molecule has 0 bridgehead atoms. The van der Waals surface area contributed by atoms with Crippen molar-refractivity contribution in [3.63, 3.8) is 0 Å². The van der Waals surface area contributed by atoms with Crippen LogP contribution in [0.4, 0.5) is 0 Å². The Hall–Kier alpha value is -3.34. The van der Waals surface area contributed by atoms with Crippen LogP contribution in [0.1, 0.15) is 11.1 Å². The summed E-state index contributed by atoms with van der Waals surface area (Å²) < 4.78 is 10.7. The van der Waals surface area contributed by atoms with Crippen molar-refractivity contribution in [3.05, 3.63) is 90.0 Å². The van der Waals surface area contributed by atoms with E-state index in [9.17, 15) is 24.9 Å². The van der Waals surface area contributed by atoms with Crippen molar-refractivity contribution >= 4 is 17.9 Å². The first-order valence-electron chi connectivity index (χ1n) is 11.6. The molecule has 1 aliphatic heterocycles. The number of carbonyl (C=O) groups excluding carboxylic acids is 2. The number of carbonyl (C=O) groups is 2. The molecular formula is C27H32N2O7. The third-order valence-electron chi connectivity index (χ3n) is 5.78. The van der Waals surface area contributed by atoms with Gasteiger partial charge in [0, 0.05) is 19.6 Å². The summed E-state index contributed by atoms with van der Waals surface area (Å²) in [5.41, 5.74) is 1.80. The van der Waals surface area contributed by atoms with Crippen molar-refractivity contribution < 1.29 is 34.4 Å². The van der Waals surface area contributed by atoms with Gasteiger partial charge in [0.15, 0.2) is 6.29 Å². The Labute approximate surface area is 210 Å². The van der Waals surface area contributed by atoms with E-state index in [1.165, 1.54) is 13.2 Å². The third-order valence-corrected chi connectivity index (χ3v) is 5.78. The number of amides is 2. The van der Waals surface area contributed by atoms with Crippen LogP contribution in [0.25, 0.3) is 6.08 Å². The molecule has 0 radical (unpaired) electrons. The molecule has 1 fully saturated rings. The van der Waals surface area contributed by atoms with E-state index in [1.54, 1.807) is 12.2 Å². The maximum Gasteiger partial charge on any atom is 0.244 e. The fraction of sp³-hybridized carbons (Fsp3) is 0.333. The number of benzene rings is 2. The van der Waals surface area contributed by atoms with Gasteiger partial charge in [-0.15, -0.1) is 0 Å². The molecule has 3 rings (SSSR count). The zero-order valence-electron chi connectivity index (χ0n) is 19.9. The van der Waals surface area contributed by atoms with Gasteiger partial charge in [-0.3, -0.25) is 9.59 Å². The molecule has 0 unspecified atom stereocenters. The number of rotatable bonds is 10. The van der Waals surface area contributed by atoms with Gasteiger partial charge in [0.05, 0.1) is 6.61 Å². The van der Waals surface area contributed by atoms with Crippen LogP contribution < -0.4 is 10.6 Å². The van der Waals surface area contributed by atoms with Crippen molar-refractivity contribution in [2.24, 2.45) is 0 Å². The zero-order chi connectivity index (χ0) is 25.9. The number of aliphatic hydroxyl groups is 3. The molecule has 36 heavy (non-hydrogen) atoms. The molecule has 2 aromatic rings. The van der Waals surface area contributed by atoms with Gasteiger partial charge in [-0.1, -0.05) is 78.9 Å². The highest BCUT2D eigenvalue weighted by atomic mass is 16.7. The first-order chi connectivity index (χ1) is 17.4. The third kappa shape index (κ3) is 7.58. The van der Waals surface area contributed by atoms with E-state index in [4.69, 9.17) is 9.47 Å². The second kappa shape index (κ2) is 13.7. The van der Waals surface area contributed by atoms with Gasteiger partial charge in [-0.25, -0.2) is 0 Å². The Morgan fingerprint density at radius 3 is 2.33 bits per heavy atom. The first kappa shape index (κ1) is 27.3. The van der Waals surface area contributed by atoms with Crippen molar-refractivity contribution in [1.29, 1.82) is 0 Å². The topological polar surface area (TPSA) is 137 Å². The number of hydrogen-bond donors (Lipinski definition) is 5.